The van der Waals surface area contributed by atoms with Crippen molar-refractivity contribution in [2.45, 2.75) is 45.2 Å². The number of alkyl halides is 3. The summed E-state index contributed by atoms with van der Waals surface area (Å²) in [6.45, 7) is 7.59. The molecule has 8 nitrogen and oxygen atoms in total. The van der Waals surface area contributed by atoms with Gasteiger partial charge in [0, 0.05) is 12.5 Å². The molecule has 2 N–H and O–H groups in total. The molecule has 0 atom stereocenters. The van der Waals surface area contributed by atoms with E-state index >= 15 is 0 Å². The normalized spacial score (nSPS) is 11.1. The van der Waals surface area contributed by atoms with Crippen LogP contribution in [0.1, 0.15) is 37.3 Å². The van der Waals surface area contributed by atoms with Crippen LogP contribution in [0, 0.1) is 0 Å². The molecule has 2 rings (SSSR count). The van der Waals surface area contributed by atoms with Gasteiger partial charge in [-0.25, -0.2) is 9.59 Å². The number of carbonyl (C=O) groups is 2. The zero-order valence-corrected chi connectivity index (χ0v) is 23.6. The van der Waals surface area contributed by atoms with E-state index in [1.807, 2.05) is 25.1 Å². The minimum atomic E-state index is -4.16. The maximum atomic E-state index is 12.5. The fourth-order valence-corrected chi connectivity index (χ4v) is 3.85. The van der Waals surface area contributed by atoms with Crippen molar-refractivity contribution in [1.29, 1.82) is 0 Å². The Morgan fingerprint density at radius 3 is 1.83 bits per heavy atom. The third-order valence-corrected chi connectivity index (χ3v) is 6.05. The van der Waals surface area contributed by atoms with Crippen LogP contribution in [0.25, 0.3) is 11.1 Å². The molecule has 0 spiro atoms. The monoisotopic (exact) mass is 594 g/mol. The molecule has 0 amide bonds. The zero-order chi connectivity index (χ0) is 31.1. The first kappa shape index (κ1) is 34.4. The number of carbonyl (C=O) groups excluding carboxylic acids is 2. The van der Waals surface area contributed by atoms with Crippen LogP contribution in [0.15, 0.2) is 60.7 Å². The summed E-state index contributed by atoms with van der Waals surface area (Å²) in [5, 5.41) is 18.0. The topological polar surface area (TPSA) is 112 Å². The Balaban J connectivity index is 2.19. The molecule has 0 bridgehead atoms. The van der Waals surface area contributed by atoms with E-state index < -0.39 is 37.7 Å². The van der Waals surface area contributed by atoms with Crippen LogP contribution >= 0.6 is 0 Å². The van der Waals surface area contributed by atoms with Gasteiger partial charge in [-0.3, -0.25) is 0 Å². The fraction of sp³-hybridized carbons (Fsp3) is 0.419. The van der Waals surface area contributed by atoms with E-state index in [-0.39, 0.29) is 44.0 Å². The Morgan fingerprint density at radius 2 is 1.36 bits per heavy atom. The summed E-state index contributed by atoms with van der Waals surface area (Å²) in [6.07, 6.45) is -3.26. The Morgan fingerprint density at radius 1 is 0.810 bits per heavy atom. The number of unbranched alkanes of at least 4 members (excludes halogenated alkanes) is 1. The quantitative estimate of drug-likeness (QED) is 0.139. The van der Waals surface area contributed by atoms with E-state index in [9.17, 15) is 22.8 Å². The summed E-state index contributed by atoms with van der Waals surface area (Å²) in [6, 6.07) is 11.0. The van der Waals surface area contributed by atoms with E-state index in [2.05, 4.69) is 13.2 Å². The van der Waals surface area contributed by atoms with Crippen LogP contribution in [0.3, 0.4) is 0 Å². The van der Waals surface area contributed by atoms with Gasteiger partial charge in [0.2, 0.25) is 0 Å². The first-order chi connectivity index (χ1) is 20.0. The minimum absolute atomic E-state index is 0.00568. The van der Waals surface area contributed by atoms with Crippen LogP contribution in [-0.4, -0.2) is 68.0 Å². The molecule has 42 heavy (non-hydrogen) atoms. The van der Waals surface area contributed by atoms with Crippen molar-refractivity contribution in [2.75, 3.05) is 39.6 Å². The Bertz CT molecular complexity index is 1170. The second-order valence-corrected chi connectivity index (χ2v) is 9.35. The maximum Gasteiger partial charge on any atom is 0.389 e. The molecule has 0 aliphatic carbocycles. The summed E-state index contributed by atoms with van der Waals surface area (Å²) < 4.78 is 59.0. The second kappa shape index (κ2) is 17.2. The van der Waals surface area contributed by atoms with Crippen molar-refractivity contribution in [3.05, 3.63) is 71.8 Å². The van der Waals surface area contributed by atoms with Gasteiger partial charge in [0.15, 0.2) is 0 Å². The molecule has 0 aliphatic rings. The first-order valence-electron chi connectivity index (χ1n) is 13.5. The lowest BCUT2D eigenvalue weighted by Gasteiger charge is -2.16. The molecular weight excluding hydrogens is 557 g/mol. The summed E-state index contributed by atoms with van der Waals surface area (Å²) in [7, 11) is 0. The Kier molecular flexibility index (Phi) is 14.1. The molecule has 0 radical (unpaired) electrons. The number of hydrogen-bond donors (Lipinski definition) is 2. The van der Waals surface area contributed by atoms with E-state index in [1.54, 1.807) is 18.2 Å². The molecule has 0 fully saturated rings. The lowest BCUT2D eigenvalue weighted by Crippen LogP contribution is -2.15. The number of aliphatic hydroxyl groups is 2. The van der Waals surface area contributed by atoms with Gasteiger partial charge in [-0.05, 0) is 60.1 Å². The van der Waals surface area contributed by atoms with Gasteiger partial charge in [0.1, 0.15) is 37.9 Å². The lowest BCUT2D eigenvalue weighted by atomic mass is 9.94. The number of halogens is 3. The number of rotatable bonds is 18. The van der Waals surface area contributed by atoms with Crippen molar-refractivity contribution in [3.63, 3.8) is 0 Å². The average molecular weight is 595 g/mol. The number of ether oxygens (including phenoxy) is 4. The molecule has 2 aromatic rings. The SMILES string of the molecule is C=C(CO)C(=O)OCCOc1cc(OCCOC(=O)C(=C)CO)cc(-c2ccc(CCCCC(F)(F)F)cc2CC)c1. The van der Waals surface area contributed by atoms with Gasteiger partial charge < -0.3 is 29.2 Å². The number of esters is 2. The fourth-order valence-electron chi connectivity index (χ4n) is 3.85. The van der Waals surface area contributed by atoms with Crippen molar-refractivity contribution in [2.24, 2.45) is 0 Å². The van der Waals surface area contributed by atoms with Crippen LogP contribution < -0.4 is 9.47 Å². The van der Waals surface area contributed by atoms with Crippen molar-refractivity contribution < 1.29 is 51.9 Å². The van der Waals surface area contributed by atoms with E-state index in [4.69, 9.17) is 29.2 Å². The molecule has 0 heterocycles. The van der Waals surface area contributed by atoms with Crippen molar-refractivity contribution in [3.8, 4) is 22.6 Å². The highest BCUT2D eigenvalue weighted by Gasteiger charge is 2.25. The highest BCUT2D eigenvalue weighted by atomic mass is 19.4. The standard InChI is InChI=1S/C31H37F3O8/c1-4-24-15-23(7-5-6-10-31(32,33)34)8-9-28(24)25-16-26(39-11-13-41-29(37)21(2)19-35)18-27(17-25)40-12-14-42-30(38)22(3)20-36/h8-9,15-18,35-36H,2-7,10-14,19-20H2,1H3. The third kappa shape index (κ3) is 12.0. The Hall–Kier alpha value is -3.83. The molecule has 0 saturated heterocycles. The average Bonchev–Trinajstić information content (AvgIpc) is 2.97. The first-order valence-corrected chi connectivity index (χ1v) is 13.5. The van der Waals surface area contributed by atoms with Crippen LogP contribution in [0.2, 0.25) is 0 Å². The summed E-state index contributed by atoms with van der Waals surface area (Å²) in [5.41, 5.74) is 3.40. The van der Waals surface area contributed by atoms with Crippen LogP contribution in [0.4, 0.5) is 13.2 Å². The highest BCUT2D eigenvalue weighted by Crippen LogP contribution is 2.33. The van der Waals surface area contributed by atoms with E-state index in [1.165, 1.54) is 0 Å². The minimum Gasteiger partial charge on any atom is -0.490 e. The van der Waals surface area contributed by atoms with Crippen molar-refractivity contribution in [1.82, 2.24) is 0 Å². The summed E-state index contributed by atoms with van der Waals surface area (Å²) >= 11 is 0. The van der Waals surface area contributed by atoms with Crippen LogP contribution in [-0.2, 0) is 31.9 Å². The van der Waals surface area contributed by atoms with Gasteiger partial charge in [-0.2, -0.15) is 13.2 Å². The molecule has 11 heteroatoms. The third-order valence-electron chi connectivity index (χ3n) is 6.05. The van der Waals surface area contributed by atoms with Gasteiger partial charge in [-0.1, -0.05) is 38.3 Å². The van der Waals surface area contributed by atoms with Crippen molar-refractivity contribution >= 4 is 11.9 Å². The van der Waals surface area contributed by atoms with Gasteiger partial charge in [0.25, 0.3) is 0 Å². The smallest absolute Gasteiger partial charge is 0.389 e. The van der Waals surface area contributed by atoms with Gasteiger partial charge >= 0.3 is 18.1 Å². The molecule has 0 saturated carbocycles. The second-order valence-electron chi connectivity index (χ2n) is 9.35. The molecule has 0 aromatic heterocycles. The zero-order valence-electron chi connectivity index (χ0n) is 23.6. The summed E-state index contributed by atoms with van der Waals surface area (Å²) in [5.74, 6) is -0.654. The molecule has 2 aromatic carbocycles. The Labute approximate surface area is 243 Å². The molecule has 230 valence electrons. The van der Waals surface area contributed by atoms with Gasteiger partial charge in [0.05, 0.1) is 24.4 Å². The predicted molar refractivity (Wildman–Crippen MR) is 150 cm³/mol. The number of aliphatic hydroxyl groups excluding tert-OH is 2. The molecule has 0 unspecified atom stereocenters. The number of hydrogen-bond acceptors (Lipinski definition) is 8. The van der Waals surface area contributed by atoms with Gasteiger partial charge in [-0.15, -0.1) is 0 Å². The number of benzene rings is 2. The van der Waals surface area contributed by atoms with Crippen LogP contribution in [0.5, 0.6) is 11.5 Å². The number of aryl methyl sites for hydroxylation is 2. The van der Waals surface area contributed by atoms with E-state index in [0.717, 1.165) is 22.3 Å². The molecule has 0 aliphatic heterocycles. The lowest BCUT2D eigenvalue weighted by molar-refractivity contribution is -0.141. The highest BCUT2D eigenvalue weighted by molar-refractivity contribution is 5.88. The largest absolute Gasteiger partial charge is 0.490 e. The summed E-state index contributed by atoms with van der Waals surface area (Å²) in [4.78, 5) is 23.4. The molecular formula is C31H37F3O8. The maximum absolute atomic E-state index is 12.5. The predicted octanol–water partition coefficient (Wildman–Crippen LogP) is 5.13. The van der Waals surface area contributed by atoms with E-state index in [0.29, 0.717) is 30.8 Å².